The highest BCUT2D eigenvalue weighted by atomic mass is 16.5. The van der Waals surface area contributed by atoms with E-state index in [2.05, 4.69) is 6.58 Å². The summed E-state index contributed by atoms with van der Waals surface area (Å²) in [5.41, 5.74) is 0. The first-order chi connectivity index (χ1) is 9.11. The van der Waals surface area contributed by atoms with E-state index < -0.39 is 11.9 Å². The van der Waals surface area contributed by atoms with E-state index in [0.717, 1.165) is 37.8 Å². The van der Waals surface area contributed by atoms with Crippen molar-refractivity contribution < 1.29 is 24.2 Å². The van der Waals surface area contributed by atoms with Crippen molar-refractivity contribution in [2.75, 3.05) is 13.2 Å². The van der Waals surface area contributed by atoms with E-state index >= 15 is 0 Å². The van der Waals surface area contributed by atoms with Crippen LogP contribution in [0.5, 0.6) is 0 Å². The first-order valence-electron chi connectivity index (χ1n) is 6.42. The Morgan fingerprint density at radius 2 is 1.68 bits per heavy atom. The lowest BCUT2D eigenvalue weighted by molar-refractivity contribution is -0.140. The van der Waals surface area contributed by atoms with Crippen LogP contribution in [-0.4, -0.2) is 30.3 Å². The monoisotopic (exact) mass is 268 g/mol. The average Bonchev–Trinajstić information content (AvgIpc) is 2.41. The Balaban J connectivity index is 2.17. The molecular weight excluding hydrogens is 248 g/mol. The SMILES string of the molecule is C=COCC1CCC(COC(=O)/C=C\C(=O)O)CC1. The van der Waals surface area contributed by atoms with Gasteiger partial charge in [-0.2, -0.15) is 0 Å². The zero-order chi connectivity index (χ0) is 14.1. The van der Waals surface area contributed by atoms with Crippen LogP contribution in [0.2, 0.25) is 0 Å². The highest BCUT2D eigenvalue weighted by Gasteiger charge is 2.22. The number of rotatable bonds is 7. The van der Waals surface area contributed by atoms with Gasteiger partial charge in [0.25, 0.3) is 0 Å². The van der Waals surface area contributed by atoms with Gasteiger partial charge in [0.15, 0.2) is 0 Å². The molecule has 5 heteroatoms. The van der Waals surface area contributed by atoms with Crippen molar-refractivity contribution in [3.05, 3.63) is 25.0 Å². The molecule has 0 saturated heterocycles. The van der Waals surface area contributed by atoms with Gasteiger partial charge in [-0.1, -0.05) is 6.58 Å². The van der Waals surface area contributed by atoms with Crippen molar-refractivity contribution in [3.8, 4) is 0 Å². The van der Waals surface area contributed by atoms with Gasteiger partial charge in [0.1, 0.15) is 0 Å². The van der Waals surface area contributed by atoms with E-state index in [4.69, 9.17) is 14.6 Å². The molecule has 1 aliphatic carbocycles. The number of carboxylic acid groups (broad SMARTS) is 1. The average molecular weight is 268 g/mol. The van der Waals surface area contributed by atoms with Gasteiger partial charge in [0.2, 0.25) is 0 Å². The normalized spacial score (nSPS) is 22.9. The van der Waals surface area contributed by atoms with Crippen molar-refractivity contribution in [1.82, 2.24) is 0 Å². The third kappa shape index (κ3) is 6.64. The fourth-order valence-corrected chi connectivity index (χ4v) is 2.16. The Hall–Kier alpha value is -1.78. The van der Waals surface area contributed by atoms with Crippen molar-refractivity contribution >= 4 is 11.9 Å². The standard InChI is InChI=1S/C14H20O5/c1-2-18-9-11-3-5-12(6-4-11)10-19-14(17)8-7-13(15)16/h2,7-8,11-12H,1,3-6,9-10H2,(H,15,16)/b8-7-. The molecule has 19 heavy (non-hydrogen) atoms. The third-order valence-corrected chi connectivity index (χ3v) is 3.24. The molecule has 1 rings (SSSR count). The summed E-state index contributed by atoms with van der Waals surface area (Å²) in [6, 6.07) is 0. The highest BCUT2D eigenvalue weighted by Crippen LogP contribution is 2.29. The van der Waals surface area contributed by atoms with Crippen molar-refractivity contribution in [3.63, 3.8) is 0 Å². The van der Waals surface area contributed by atoms with Crippen LogP contribution in [-0.2, 0) is 19.1 Å². The molecule has 0 radical (unpaired) electrons. The zero-order valence-corrected chi connectivity index (χ0v) is 10.9. The molecule has 0 aliphatic heterocycles. The summed E-state index contributed by atoms with van der Waals surface area (Å²) >= 11 is 0. The van der Waals surface area contributed by atoms with Crippen LogP contribution in [0, 0.1) is 11.8 Å². The first-order valence-corrected chi connectivity index (χ1v) is 6.42. The minimum absolute atomic E-state index is 0.359. The topological polar surface area (TPSA) is 72.8 Å². The Morgan fingerprint density at radius 1 is 1.11 bits per heavy atom. The fourth-order valence-electron chi connectivity index (χ4n) is 2.16. The molecule has 0 unspecified atom stereocenters. The summed E-state index contributed by atoms with van der Waals surface area (Å²) < 4.78 is 10.2. The molecule has 1 fully saturated rings. The third-order valence-electron chi connectivity index (χ3n) is 3.24. The number of aliphatic carboxylic acids is 1. The highest BCUT2D eigenvalue weighted by molar-refractivity contribution is 5.90. The minimum atomic E-state index is -1.15. The number of ether oxygens (including phenoxy) is 2. The van der Waals surface area contributed by atoms with Gasteiger partial charge in [-0.3, -0.25) is 0 Å². The number of esters is 1. The molecule has 106 valence electrons. The first kappa shape index (κ1) is 15.3. The molecule has 1 aliphatic rings. The van der Waals surface area contributed by atoms with Crippen LogP contribution in [0.4, 0.5) is 0 Å². The van der Waals surface area contributed by atoms with E-state index in [9.17, 15) is 9.59 Å². The second kappa shape index (κ2) is 8.34. The molecule has 0 heterocycles. The van der Waals surface area contributed by atoms with Gasteiger partial charge in [-0.05, 0) is 37.5 Å². The molecule has 0 aromatic carbocycles. The maximum atomic E-state index is 11.2. The summed E-state index contributed by atoms with van der Waals surface area (Å²) in [6.07, 6.45) is 7.30. The molecule has 0 aromatic heterocycles. The van der Waals surface area contributed by atoms with Gasteiger partial charge < -0.3 is 14.6 Å². The smallest absolute Gasteiger partial charge is 0.331 e. The summed E-state index contributed by atoms with van der Waals surface area (Å²) in [6.45, 7) is 4.58. The molecule has 0 amide bonds. The minimum Gasteiger partial charge on any atom is -0.502 e. The quantitative estimate of drug-likeness (QED) is 0.435. The van der Waals surface area contributed by atoms with Gasteiger partial charge in [0, 0.05) is 12.2 Å². The maximum absolute atomic E-state index is 11.2. The van der Waals surface area contributed by atoms with Gasteiger partial charge in [-0.25, -0.2) is 9.59 Å². The van der Waals surface area contributed by atoms with E-state index in [1.165, 1.54) is 6.26 Å². The van der Waals surface area contributed by atoms with Gasteiger partial charge in [-0.15, -0.1) is 0 Å². The Kier molecular flexibility index (Phi) is 6.71. The van der Waals surface area contributed by atoms with Crippen LogP contribution in [0.15, 0.2) is 25.0 Å². The van der Waals surface area contributed by atoms with Crippen LogP contribution in [0.3, 0.4) is 0 Å². The van der Waals surface area contributed by atoms with Crippen molar-refractivity contribution in [2.45, 2.75) is 25.7 Å². The largest absolute Gasteiger partial charge is 0.502 e. The molecule has 5 nitrogen and oxygen atoms in total. The summed E-state index contributed by atoms with van der Waals surface area (Å²) in [4.78, 5) is 21.4. The van der Waals surface area contributed by atoms with E-state index in [1.807, 2.05) is 0 Å². The van der Waals surface area contributed by atoms with Crippen LogP contribution in [0.1, 0.15) is 25.7 Å². The lowest BCUT2D eigenvalue weighted by Gasteiger charge is -2.27. The predicted molar refractivity (Wildman–Crippen MR) is 69.3 cm³/mol. The fraction of sp³-hybridized carbons (Fsp3) is 0.571. The Morgan fingerprint density at radius 3 is 2.21 bits per heavy atom. The summed E-state index contributed by atoms with van der Waals surface area (Å²) in [5, 5.41) is 8.37. The second-order valence-corrected chi connectivity index (χ2v) is 4.69. The molecular formula is C14H20O5. The molecule has 0 bridgehead atoms. The number of hydrogen-bond donors (Lipinski definition) is 1. The molecule has 0 atom stereocenters. The second-order valence-electron chi connectivity index (χ2n) is 4.69. The Labute approximate surface area is 112 Å². The number of carbonyl (C=O) groups excluding carboxylic acids is 1. The van der Waals surface area contributed by atoms with Crippen LogP contribution >= 0.6 is 0 Å². The number of carbonyl (C=O) groups is 2. The van der Waals surface area contributed by atoms with E-state index in [0.29, 0.717) is 25.0 Å². The molecule has 1 N–H and O–H groups in total. The van der Waals surface area contributed by atoms with Gasteiger partial charge in [0.05, 0.1) is 19.5 Å². The van der Waals surface area contributed by atoms with Crippen LogP contribution in [0.25, 0.3) is 0 Å². The molecule has 0 spiro atoms. The summed E-state index contributed by atoms with van der Waals surface area (Å²) in [7, 11) is 0. The lowest BCUT2D eigenvalue weighted by Crippen LogP contribution is -2.22. The Bertz CT molecular complexity index is 340. The van der Waals surface area contributed by atoms with Crippen molar-refractivity contribution in [1.29, 1.82) is 0 Å². The van der Waals surface area contributed by atoms with Gasteiger partial charge >= 0.3 is 11.9 Å². The predicted octanol–water partition coefficient (Wildman–Crippen LogP) is 2.14. The number of carboxylic acids is 1. The van der Waals surface area contributed by atoms with E-state index in [-0.39, 0.29) is 0 Å². The number of hydrogen-bond acceptors (Lipinski definition) is 4. The zero-order valence-electron chi connectivity index (χ0n) is 10.9. The lowest BCUT2D eigenvalue weighted by atomic mass is 9.83. The van der Waals surface area contributed by atoms with Crippen molar-refractivity contribution in [2.24, 2.45) is 11.8 Å². The molecule has 1 saturated carbocycles. The van der Waals surface area contributed by atoms with E-state index in [1.54, 1.807) is 0 Å². The molecule has 0 aromatic rings. The van der Waals surface area contributed by atoms with Crippen LogP contribution < -0.4 is 0 Å². The maximum Gasteiger partial charge on any atom is 0.331 e. The summed E-state index contributed by atoms with van der Waals surface area (Å²) in [5.74, 6) is -0.835.